The van der Waals surface area contributed by atoms with Crippen LogP contribution in [0.4, 0.5) is 5.69 Å². The quantitative estimate of drug-likeness (QED) is 0.580. The number of piperidine rings is 1. The van der Waals surface area contributed by atoms with Crippen molar-refractivity contribution in [3.63, 3.8) is 0 Å². The Kier molecular flexibility index (Phi) is 5.35. The summed E-state index contributed by atoms with van der Waals surface area (Å²) >= 11 is 6.22. The molecule has 0 bridgehead atoms. The summed E-state index contributed by atoms with van der Waals surface area (Å²) < 4.78 is 2.03. The lowest BCUT2D eigenvalue weighted by Crippen LogP contribution is -2.43. The van der Waals surface area contributed by atoms with E-state index in [1.165, 1.54) is 12.8 Å². The highest BCUT2D eigenvalue weighted by atomic mass is 35.5. The molecule has 28 heavy (non-hydrogen) atoms. The number of halogens is 1. The predicted octanol–water partition coefficient (Wildman–Crippen LogP) is 3.83. The van der Waals surface area contributed by atoms with Gasteiger partial charge in [0.25, 0.3) is 0 Å². The summed E-state index contributed by atoms with van der Waals surface area (Å²) in [6.07, 6.45) is 10.5. The van der Waals surface area contributed by atoms with E-state index in [4.69, 9.17) is 11.6 Å². The molecule has 0 aromatic carbocycles. The van der Waals surface area contributed by atoms with Gasteiger partial charge in [0.15, 0.2) is 0 Å². The zero-order chi connectivity index (χ0) is 19.7. The lowest BCUT2D eigenvalue weighted by molar-refractivity contribution is 0.175. The summed E-state index contributed by atoms with van der Waals surface area (Å²) in [5, 5.41) is 4.94. The molecule has 5 nitrogen and oxygen atoms in total. The van der Waals surface area contributed by atoms with Crippen molar-refractivity contribution in [2.75, 3.05) is 38.6 Å². The Labute approximate surface area is 172 Å². The van der Waals surface area contributed by atoms with Gasteiger partial charge in [-0.2, -0.15) is 5.10 Å². The third kappa shape index (κ3) is 4.51. The molecule has 0 spiro atoms. The molecule has 0 unspecified atom stereocenters. The molecular weight excluding hydrogens is 370 g/mol. The van der Waals surface area contributed by atoms with E-state index in [0.29, 0.717) is 16.6 Å². The topological polar surface area (TPSA) is 37.2 Å². The Hall–Kier alpha value is -2.03. The van der Waals surface area contributed by atoms with Crippen molar-refractivity contribution in [1.82, 2.24) is 19.7 Å². The van der Waals surface area contributed by atoms with Crippen LogP contribution in [0.1, 0.15) is 49.8 Å². The van der Waals surface area contributed by atoms with Crippen molar-refractivity contribution in [1.29, 1.82) is 0 Å². The molecule has 2 aromatic rings. The minimum Gasteiger partial charge on any atom is -0.370 e. The maximum Gasteiger partial charge on any atom is 0.131 e. The van der Waals surface area contributed by atoms with Crippen molar-refractivity contribution < 1.29 is 0 Å². The fourth-order valence-corrected chi connectivity index (χ4v) is 4.22. The van der Waals surface area contributed by atoms with E-state index in [0.717, 1.165) is 49.3 Å². The summed E-state index contributed by atoms with van der Waals surface area (Å²) in [4.78, 5) is 8.96. The van der Waals surface area contributed by atoms with Crippen molar-refractivity contribution in [2.45, 2.75) is 38.6 Å². The van der Waals surface area contributed by atoms with Crippen LogP contribution in [0.15, 0.2) is 24.7 Å². The summed E-state index contributed by atoms with van der Waals surface area (Å²) in [5.74, 6) is 6.56. The number of pyridine rings is 1. The summed E-state index contributed by atoms with van der Waals surface area (Å²) in [7, 11) is 4.30. The molecule has 1 saturated carbocycles. The smallest absolute Gasteiger partial charge is 0.131 e. The molecule has 1 aliphatic heterocycles. The SMILES string of the molecule is CN(C)CC1(C)CCN(c2cc(Cl)ncc2C#Cc2cnn(C3CC3)c2)CC1. The fourth-order valence-electron chi connectivity index (χ4n) is 4.07. The summed E-state index contributed by atoms with van der Waals surface area (Å²) in [6, 6.07) is 2.53. The van der Waals surface area contributed by atoms with Crippen LogP contribution < -0.4 is 4.90 Å². The molecule has 2 fully saturated rings. The number of anilines is 1. The normalized spacial score (nSPS) is 18.8. The van der Waals surface area contributed by atoms with Gasteiger partial charge in [-0.15, -0.1) is 0 Å². The van der Waals surface area contributed by atoms with Gasteiger partial charge < -0.3 is 9.80 Å². The third-order valence-electron chi connectivity index (χ3n) is 5.72. The minimum absolute atomic E-state index is 0.361. The molecule has 1 aliphatic carbocycles. The molecule has 1 saturated heterocycles. The van der Waals surface area contributed by atoms with Gasteiger partial charge in [-0.05, 0) is 45.2 Å². The fraction of sp³-hybridized carbons (Fsp3) is 0.545. The van der Waals surface area contributed by atoms with E-state index < -0.39 is 0 Å². The largest absolute Gasteiger partial charge is 0.370 e. The Morgan fingerprint density at radius 3 is 2.64 bits per heavy atom. The van der Waals surface area contributed by atoms with Crippen LogP contribution in [-0.2, 0) is 0 Å². The van der Waals surface area contributed by atoms with Gasteiger partial charge in [-0.3, -0.25) is 4.68 Å². The van der Waals surface area contributed by atoms with Gasteiger partial charge >= 0.3 is 0 Å². The minimum atomic E-state index is 0.361. The number of nitrogens with zero attached hydrogens (tertiary/aromatic N) is 5. The highest BCUT2D eigenvalue weighted by Crippen LogP contribution is 2.35. The van der Waals surface area contributed by atoms with Crippen molar-refractivity contribution in [3.8, 4) is 11.8 Å². The molecule has 148 valence electrons. The second-order valence-corrected chi connectivity index (χ2v) is 9.14. The molecule has 2 aromatic heterocycles. The lowest BCUT2D eigenvalue weighted by atomic mass is 9.80. The van der Waals surface area contributed by atoms with E-state index in [-0.39, 0.29) is 0 Å². The van der Waals surface area contributed by atoms with Gasteiger partial charge in [0, 0.05) is 38.1 Å². The first-order valence-corrected chi connectivity index (χ1v) is 10.4. The molecule has 0 amide bonds. The zero-order valence-corrected chi connectivity index (χ0v) is 17.7. The predicted molar refractivity (Wildman–Crippen MR) is 114 cm³/mol. The van der Waals surface area contributed by atoms with Crippen molar-refractivity contribution in [2.24, 2.45) is 5.41 Å². The highest BCUT2D eigenvalue weighted by molar-refractivity contribution is 6.29. The molecule has 4 rings (SSSR count). The molecule has 6 heteroatoms. The average Bonchev–Trinajstić information content (AvgIpc) is 3.39. The first-order chi connectivity index (χ1) is 13.4. The number of aromatic nitrogens is 3. The van der Waals surface area contributed by atoms with Crippen LogP contribution in [0.3, 0.4) is 0 Å². The first kappa shape index (κ1) is 19.3. The summed E-state index contributed by atoms with van der Waals surface area (Å²) in [6.45, 7) is 5.54. The monoisotopic (exact) mass is 397 g/mol. The van der Waals surface area contributed by atoms with Gasteiger partial charge in [-0.1, -0.05) is 30.4 Å². The Morgan fingerprint density at radius 2 is 1.96 bits per heavy atom. The van der Waals surface area contributed by atoms with E-state index in [2.05, 4.69) is 52.7 Å². The van der Waals surface area contributed by atoms with E-state index in [9.17, 15) is 0 Å². The molecule has 2 aliphatic rings. The molecule has 0 N–H and O–H groups in total. The second kappa shape index (κ2) is 7.77. The number of rotatable bonds is 4. The average molecular weight is 398 g/mol. The first-order valence-electron chi connectivity index (χ1n) is 10.0. The van der Waals surface area contributed by atoms with E-state index >= 15 is 0 Å². The standard InChI is InChI=1S/C22H28ClN5/c1-22(16-26(2)3)8-10-27(11-9-22)20-12-21(23)24-14-18(20)5-4-17-13-25-28(15-17)19-6-7-19/h12-15,19H,6-11,16H2,1-3H3. The van der Waals surface area contributed by atoms with Crippen LogP contribution in [-0.4, -0.2) is 53.4 Å². The van der Waals surface area contributed by atoms with Crippen molar-refractivity contribution in [3.05, 3.63) is 40.9 Å². The molecular formula is C22H28ClN5. The summed E-state index contributed by atoms with van der Waals surface area (Å²) in [5.41, 5.74) is 3.33. The third-order valence-corrected chi connectivity index (χ3v) is 5.93. The molecule has 3 heterocycles. The lowest BCUT2D eigenvalue weighted by Gasteiger charge is -2.42. The van der Waals surface area contributed by atoms with Crippen LogP contribution in [0.25, 0.3) is 0 Å². The number of hydrogen-bond acceptors (Lipinski definition) is 4. The zero-order valence-electron chi connectivity index (χ0n) is 17.0. The number of hydrogen-bond donors (Lipinski definition) is 0. The Morgan fingerprint density at radius 1 is 1.21 bits per heavy atom. The van der Waals surface area contributed by atoms with E-state index in [1.807, 2.05) is 23.1 Å². The Bertz CT molecular complexity index is 895. The van der Waals surface area contributed by atoms with Gasteiger partial charge in [0.1, 0.15) is 5.15 Å². The maximum atomic E-state index is 6.22. The second-order valence-electron chi connectivity index (χ2n) is 8.75. The molecule has 0 radical (unpaired) electrons. The highest BCUT2D eigenvalue weighted by Gasteiger charge is 2.31. The van der Waals surface area contributed by atoms with Crippen LogP contribution >= 0.6 is 11.6 Å². The van der Waals surface area contributed by atoms with Gasteiger partial charge in [-0.25, -0.2) is 4.98 Å². The molecule has 0 atom stereocenters. The van der Waals surface area contributed by atoms with Crippen molar-refractivity contribution >= 4 is 17.3 Å². The Balaban J connectivity index is 1.52. The van der Waals surface area contributed by atoms with Crippen LogP contribution in [0, 0.1) is 17.3 Å². The van der Waals surface area contributed by atoms with E-state index in [1.54, 1.807) is 6.20 Å². The maximum absolute atomic E-state index is 6.22. The van der Waals surface area contributed by atoms with Gasteiger partial charge in [0.2, 0.25) is 0 Å². The van der Waals surface area contributed by atoms with Gasteiger partial charge in [0.05, 0.1) is 29.1 Å². The van der Waals surface area contributed by atoms with Crippen LogP contribution in [0.5, 0.6) is 0 Å². The van der Waals surface area contributed by atoms with Crippen LogP contribution in [0.2, 0.25) is 5.15 Å².